The highest BCUT2D eigenvalue weighted by atomic mass is 16.5. The van der Waals surface area contributed by atoms with Crippen LogP contribution in [-0.2, 0) is 4.74 Å². The predicted molar refractivity (Wildman–Crippen MR) is 107 cm³/mol. The Bertz CT molecular complexity index is 1250. The van der Waals surface area contributed by atoms with Gasteiger partial charge in [-0.2, -0.15) is 20.5 Å². The molecule has 3 aromatic heterocycles. The molecule has 146 valence electrons. The highest BCUT2D eigenvalue weighted by Gasteiger charge is 2.28. The molecule has 0 spiro atoms. The number of ether oxygens (including phenoxy) is 1. The summed E-state index contributed by atoms with van der Waals surface area (Å²) >= 11 is 0. The van der Waals surface area contributed by atoms with Gasteiger partial charge in [-0.15, -0.1) is 0 Å². The van der Waals surface area contributed by atoms with Crippen molar-refractivity contribution in [2.45, 2.75) is 18.5 Å². The molecule has 1 saturated heterocycles. The topological polar surface area (TPSA) is 132 Å². The lowest BCUT2D eigenvalue weighted by Crippen LogP contribution is -2.25. The first-order chi connectivity index (χ1) is 14.2. The van der Waals surface area contributed by atoms with Crippen LogP contribution < -0.4 is 11.1 Å². The third kappa shape index (κ3) is 3.16. The summed E-state index contributed by atoms with van der Waals surface area (Å²) in [4.78, 5) is 8.56. The van der Waals surface area contributed by atoms with E-state index < -0.39 is 0 Å². The Kier molecular flexibility index (Phi) is 4.31. The van der Waals surface area contributed by atoms with Crippen molar-refractivity contribution in [3.8, 4) is 11.8 Å². The fourth-order valence-electron chi connectivity index (χ4n) is 3.70. The summed E-state index contributed by atoms with van der Waals surface area (Å²) in [6, 6.07) is 6.08. The lowest BCUT2D eigenvalue weighted by molar-refractivity contribution is 0.172. The number of hydrogen-bond acceptors (Lipinski definition) is 8. The number of H-pyrrole nitrogens is 1. The minimum atomic E-state index is 0.147. The highest BCUT2D eigenvalue weighted by Crippen LogP contribution is 2.27. The molecule has 5 rings (SSSR count). The van der Waals surface area contributed by atoms with Crippen molar-refractivity contribution in [3.05, 3.63) is 35.8 Å². The van der Waals surface area contributed by atoms with E-state index in [0.29, 0.717) is 29.2 Å². The average Bonchev–Trinajstić information content (AvgIpc) is 3.45. The Morgan fingerprint density at radius 2 is 2.14 bits per heavy atom. The number of anilines is 1. The normalized spacial score (nSPS) is 18.9. The summed E-state index contributed by atoms with van der Waals surface area (Å²) in [6.45, 7) is 1.44. The maximum Gasteiger partial charge on any atom is 0.164 e. The van der Waals surface area contributed by atoms with Gasteiger partial charge in [0.25, 0.3) is 0 Å². The van der Waals surface area contributed by atoms with E-state index in [-0.39, 0.29) is 12.1 Å². The van der Waals surface area contributed by atoms with Crippen LogP contribution in [-0.4, -0.2) is 61.5 Å². The molecule has 4 N–H and O–H groups in total. The SMILES string of the molecule is COC[C@H]1C[C@H](n2nc(C#Cc3ccc4n[nH]nc4c3)c3c(N)ncnc32)CN1. The summed E-state index contributed by atoms with van der Waals surface area (Å²) in [5.74, 6) is 6.65. The van der Waals surface area contributed by atoms with Crippen molar-refractivity contribution < 1.29 is 4.74 Å². The van der Waals surface area contributed by atoms with Gasteiger partial charge in [-0.3, -0.25) is 0 Å². The predicted octanol–water partition coefficient (Wildman–Crippen LogP) is 0.629. The number of fused-ring (bicyclic) bond motifs is 2. The number of methoxy groups -OCH3 is 1. The zero-order valence-electron chi connectivity index (χ0n) is 15.8. The van der Waals surface area contributed by atoms with E-state index in [2.05, 4.69) is 42.5 Å². The van der Waals surface area contributed by atoms with E-state index in [4.69, 9.17) is 15.6 Å². The van der Waals surface area contributed by atoms with Crippen LogP contribution in [0.4, 0.5) is 5.82 Å². The molecule has 2 atom stereocenters. The molecule has 0 aliphatic carbocycles. The number of nitrogens with two attached hydrogens (primary N) is 1. The molecule has 0 bridgehead atoms. The summed E-state index contributed by atoms with van der Waals surface area (Å²) in [5.41, 5.74) is 9.77. The number of nitrogens with one attached hydrogen (secondary N) is 2. The second kappa shape index (κ2) is 7.12. The van der Waals surface area contributed by atoms with Crippen LogP contribution in [0, 0.1) is 11.8 Å². The van der Waals surface area contributed by atoms with Gasteiger partial charge in [0.15, 0.2) is 5.65 Å². The number of nitrogens with zero attached hydrogens (tertiary/aromatic N) is 6. The molecule has 0 unspecified atom stereocenters. The van der Waals surface area contributed by atoms with Gasteiger partial charge in [0, 0.05) is 25.3 Å². The van der Waals surface area contributed by atoms with Crippen molar-refractivity contribution in [2.24, 2.45) is 0 Å². The summed E-state index contributed by atoms with van der Waals surface area (Å²) in [6.07, 6.45) is 2.35. The van der Waals surface area contributed by atoms with Gasteiger partial charge >= 0.3 is 0 Å². The number of rotatable bonds is 3. The molecular weight excluding hydrogens is 370 g/mol. The van der Waals surface area contributed by atoms with E-state index in [9.17, 15) is 0 Å². The van der Waals surface area contributed by atoms with Crippen LogP contribution in [0.5, 0.6) is 0 Å². The lowest BCUT2D eigenvalue weighted by Gasteiger charge is -2.10. The van der Waals surface area contributed by atoms with Crippen molar-refractivity contribution >= 4 is 27.9 Å². The van der Waals surface area contributed by atoms with Crippen LogP contribution in [0.2, 0.25) is 0 Å². The van der Waals surface area contributed by atoms with Crippen LogP contribution in [0.1, 0.15) is 23.7 Å². The van der Waals surface area contributed by atoms with Crippen LogP contribution in [0.25, 0.3) is 22.1 Å². The van der Waals surface area contributed by atoms with Gasteiger partial charge in [0.1, 0.15) is 28.9 Å². The number of nitrogen functional groups attached to an aromatic ring is 1. The maximum atomic E-state index is 6.14. The van der Waals surface area contributed by atoms with Gasteiger partial charge in [-0.25, -0.2) is 14.6 Å². The molecule has 10 heteroatoms. The van der Waals surface area contributed by atoms with E-state index in [0.717, 1.165) is 29.6 Å². The summed E-state index contributed by atoms with van der Waals surface area (Å²) < 4.78 is 7.17. The van der Waals surface area contributed by atoms with Gasteiger partial charge in [0.05, 0.1) is 18.0 Å². The third-order valence-electron chi connectivity index (χ3n) is 5.07. The Hall–Kier alpha value is -3.55. The van der Waals surface area contributed by atoms with E-state index in [1.807, 2.05) is 22.9 Å². The molecule has 29 heavy (non-hydrogen) atoms. The first-order valence-corrected chi connectivity index (χ1v) is 9.26. The van der Waals surface area contributed by atoms with Crippen molar-refractivity contribution in [1.82, 2.24) is 40.5 Å². The van der Waals surface area contributed by atoms with E-state index in [1.54, 1.807) is 7.11 Å². The van der Waals surface area contributed by atoms with E-state index >= 15 is 0 Å². The molecule has 4 heterocycles. The van der Waals surface area contributed by atoms with E-state index in [1.165, 1.54) is 6.33 Å². The Balaban J connectivity index is 1.54. The Morgan fingerprint density at radius 3 is 3.03 bits per heavy atom. The molecule has 1 aliphatic heterocycles. The van der Waals surface area contributed by atoms with Crippen molar-refractivity contribution in [1.29, 1.82) is 0 Å². The van der Waals surface area contributed by atoms with Crippen LogP contribution in [0.3, 0.4) is 0 Å². The first-order valence-electron chi connectivity index (χ1n) is 9.26. The summed E-state index contributed by atoms with van der Waals surface area (Å²) in [7, 11) is 1.70. The fourth-order valence-corrected chi connectivity index (χ4v) is 3.70. The third-order valence-corrected chi connectivity index (χ3v) is 5.07. The molecule has 1 aliphatic rings. The second-order valence-electron chi connectivity index (χ2n) is 6.98. The molecule has 0 saturated carbocycles. The zero-order chi connectivity index (χ0) is 19.8. The minimum absolute atomic E-state index is 0.147. The van der Waals surface area contributed by atoms with Gasteiger partial charge in [-0.05, 0) is 30.5 Å². The molecule has 1 fully saturated rings. The largest absolute Gasteiger partial charge is 0.383 e. The number of aromatic nitrogens is 7. The van der Waals surface area contributed by atoms with Gasteiger partial charge in [0.2, 0.25) is 0 Å². The molecule has 4 aromatic rings. The molecule has 0 radical (unpaired) electrons. The summed E-state index contributed by atoms with van der Waals surface area (Å²) in [5, 5.41) is 19.6. The van der Waals surface area contributed by atoms with Crippen molar-refractivity contribution in [2.75, 3.05) is 26.0 Å². The second-order valence-corrected chi connectivity index (χ2v) is 6.98. The zero-order valence-corrected chi connectivity index (χ0v) is 15.8. The number of aromatic amines is 1. The molecular formula is C19H19N9O. The van der Waals surface area contributed by atoms with Crippen LogP contribution in [0.15, 0.2) is 24.5 Å². The standard InChI is InChI=1S/C19H19N9O/c1-29-9-12-7-13(8-21-12)28-19-17(18(20)22-10-23-19)15(26-28)5-3-11-2-4-14-16(6-11)25-27-24-14/h2,4,6,10,12-13,21H,7-9H2,1H3,(H2,20,22,23)(H,24,25,27)/t12-,13+/m1/s1. The first kappa shape index (κ1) is 17.5. The molecule has 10 nitrogen and oxygen atoms in total. The smallest absolute Gasteiger partial charge is 0.164 e. The Labute approximate surface area is 165 Å². The Morgan fingerprint density at radius 1 is 1.24 bits per heavy atom. The maximum absolute atomic E-state index is 6.14. The molecule has 1 aromatic carbocycles. The fraction of sp³-hybridized carbons (Fsp3) is 0.316. The highest BCUT2D eigenvalue weighted by molar-refractivity contribution is 5.90. The van der Waals surface area contributed by atoms with Crippen molar-refractivity contribution in [3.63, 3.8) is 0 Å². The monoisotopic (exact) mass is 389 g/mol. The number of hydrogen-bond donors (Lipinski definition) is 3. The minimum Gasteiger partial charge on any atom is -0.383 e. The lowest BCUT2D eigenvalue weighted by atomic mass is 10.2. The number of benzene rings is 1. The van der Waals surface area contributed by atoms with Gasteiger partial charge < -0.3 is 15.8 Å². The van der Waals surface area contributed by atoms with Gasteiger partial charge in [-0.1, -0.05) is 5.92 Å². The average molecular weight is 389 g/mol. The molecule has 0 amide bonds. The van der Waals surface area contributed by atoms with Crippen LogP contribution >= 0.6 is 0 Å². The quantitative estimate of drug-likeness (QED) is 0.435.